The van der Waals surface area contributed by atoms with Gasteiger partial charge >= 0.3 is 5.84 Å². The first-order chi connectivity index (χ1) is 14.2. The average molecular weight is 389 g/mol. The van der Waals surface area contributed by atoms with Crippen molar-refractivity contribution in [2.75, 3.05) is 0 Å². The Morgan fingerprint density at radius 1 is 1.10 bits per heavy atom. The number of benzene rings is 2. The van der Waals surface area contributed by atoms with Gasteiger partial charge in [0.25, 0.3) is 5.91 Å². The Morgan fingerprint density at radius 2 is 1.83 bits per heavy atom. The van der Waals surface area contributed by atoms with Crippen LogP contribution < -0.4 is 5.32 Å². The molecule has 1 aliphatic heterocycles. The van der Waals surface area contributed by atoms with Gasteiger partial charge in [-0.2, -0.15) is 14.6 Å². The molecule has 3 heterocycles. The van der Waals surface area contributed by atoms with Crippen LogP contribution in [0.15, 0.2) is 59.3 Å². The van der Waals surface area contributed by atoms with Gasteiger partial charge in [0.15, 0.2) is 11.5 Å². The summed E-state index contributed by atoms with van der Waals surface area (Å²) in [4.78, 5) is 19.2. The lowest BCUT2D eigenvalue weighted by Crippen LogP contribution is -2.27. The molecule has 0 aliphatic carbocycles. The number of rotatable bonds is 5. The van der Waals surface area contributed by atoms with Gasteiger partial charge in [-0.25, -0.2) is 0 Å². The highest BCUT2D eigenvalue weighted by Crippen LogP contribution is 2.26. The summed E-state index contributed by atoms with van der Waals surface area (Å²) in [7, 11) is 0. The van der Waals surface area contributed by atoms with Crippen LogP contribution in [-0.4, -0.2) is 30.5 Å². The van der Waals surface area contributed by atoms with Crippen molar-refractivity contribution in [3.63, 3.8) is 0 Å². The molecule has 0 atom stereocenters. The molecular formula is C21H19N5O3. The number of phenolic OH excluding ortho intramolecular Hbond substituents is 1. The van der Waals surface area contributed by atoms with Gasteiger partial charge in [-0.05, 0) is 28.8 Å². The summed E-state index contributed by atoms with van der Waals surface area (Å²) in [5.74, 6) is 0.741. The Balaban J connectivity index is 1.36. The molecule has 0 radical (unpaired) electrons. The van der Waals surface area contributed by atoms with Crippen molar-refractivity contribution in [1.82, 2.24) is 24.8 Å². The average Bonchev–Trinajstić information content (AvgIpc) is 3.41. The molecule has 0 unspecified atom stereocenters. The number of oxazole rings is 1. The highest BCUT2D eigenvalue weighted by molar-refractivity contribution is 5.94. The first-order valence-corrected chi connectivity index (χ1v) is 9.34. The molecule has 0 spiro atoms. The molecule has 8 heteroatoms. The first-order valence-electron chi connectivity index (χ1n) is 9.34. The van der Waals surface area contributed by atoms with E-state index in [1.807, 2.05) is 12.1 Å². The van der Waals surface area contributed by atoms with Gasteiger partial charge in [0.05, 0.1) is 6.54 Å². The van der Waals surface area contributed by atoms with Gasteiger partial charge < -0.3 is 14.8 Å². The zero-order valence-corrected chi connectivity index (χ0v) is 15.6. The summed E-state index contributed by atoms with van der Waals surface area (Å²) < 4.78 is 7.28. The lowest BCUT2D eigenvalue weighted by atomic mass is 10.1. The second kappa shape index (κ2) is 7.06. The van der Waals surface area contributed by atoms with Gasteiger partial charge in [0, 0.05) is 19.6 Å². The third kappa shape index (κ3) is 3.34. The van der Waals surface area contributed by atoms with Crippen molar-refractivity contribution in [3.05, 3.63) is 83.0 Å². The van der Waals surface area contributed by atoms with Crippen molar-refractivity contribution < 1.29 is 14.3 Å². The molecule has 1 aliphatic rings. The third-order valence-electron chi connectivity index (χ3n) is 5.08. The lowest BCUT2D eigenvalue weighted by Gasteiger charge is -2.13. The largest absolute Gasteiger partial charge is 0.508 e. The molecule has 2 aromatic carbocycles. The van der Waals surface area contributed by atoms with E-state index in [1.54, 1.807) is 24.3 Å². The van der Waals surface area contributed by atoms with Gasteiger partial charge in [-0.15, -0.1) is 0 Å². The molecule has 1 amide bonds. The van der Waals surface area contributed by atoms with Crippen LogP contribution in [-0.2, 0) is 26.2 Å². The molecule has 0 saturated carbocycles. The SMILES string of the molecule is O=C(NCc1ccc(O)cc1)c1c(CN2Cc3ccccc3C2)oc2ncnn12. The van der Waals surface area contributed by atoms with Crippen molar-refractivity contribution >= 4 is 11.8 Å². The number of hydrogen-bond acceptors (Lipinski definition) is 6. The standard InChI is InChI=1S/C21H19N5O3/c27-17-7-5-14(6-8-17)9-22-20(28)19-18(29-21-23-13-24-26(19)21)12-25-10-15-3-1-2-4-16(15)11-25/h1-8,13,27H,9-12H2,(H,22,28). The number of amides is 1. The van der Waals surface area contributed by atoms with E-state index in [4.69, 9.17) is 4.42 Å². The Kier molecular flexibility index (Phi) is 4.25. The quantitative estimate of drug-likeness (QED) is 0.544. The van der Waals surface area contributed by atoms with Crippen molar-refractivity contribution in [1.29, 1.82) is 0 Å². The number of carbonyl (C=O) groups is 1. The maximum atomic E-state index is 12.9. The fraction of sp³-hybridized carbons (Fsp3) is 0.190. The zero-order valence-electron chi connectivity index (χ0n) is 15.6. The highest BCUT2D eigenvalue weighted by atomic mass is 16.4. The van der Waals surface area contributed by atoms with Crippen LogP contribution in [0.3, 0.4) is 0 Å². The Bertz CT molecular complexity index is 1150. The minimum atomic E-state index is -0.283. The minimum Gasteiger partial charge on any atom is -0.508 e. The normalized spacial score (nSPS) is 13.7. The van der Waals surface area contributed by atoms with Crippen molar-refractivity contribution in [2.45, 2.75) is 26.2 Å². The number of aromatic hydroxyl groups is 1. The Labute approximate surface area is 166 Å². The number of nitrogens with zero attached hydrogens (tertiary/aromatic N) is 4. The monoisotopic (exact) mass is 389 g/mol. The number of aromatic nitrogens is 3. The second-order valence-electron chi connectivity index (χ2n) is 7.09. The number of nitrogens with one attached hydrogen (secondary N) is 1. The van der Waals surface area contributed by atoms with Crippen LogP contribution in [0.1, 0.15) is 32.9 Å². The predicted molar refractivity (Wildman–Crippen MR) is 104 cm³/mol. The van der Waals surface area contributed by atoms with Gasteiger partial charge in [0.1, 0.15) is 12.1 Å². The summed E-state index contributed by atoms with van der Waals surface area (Å²) in [6.45, 7) is 2.43. The molecular weight excluding hydrogens is 370 g/mol. The Hall–Kier alpha value is -3.65. The highest BCUT2D eigenvalue weighted by Gasteiger charge is 2.26. The molecule has 5 rings (SSSR count). The Morgan fingerprint density at radius 3 is 2.55 bits per heavy atom. The second-order valence-corrected chi connectivity index (χ2v) is 7.09. The summed E-state index contributed by atoms with van der Waals surface area (Å²) >= 11 is 0. The minimum absolute atomic E-state index is 0.188. The molecule has 29 heavy (non-hydrogen) atoms. The van der Waals surface area contributed by atoms with Gasteiger partial charge in [-0.3, -0.25) is 9.69 Å². The lowest BCUT2D eigenvalue weighted by molar-refractivity contribution is 0.0940. The number of phenols is 1. The predicted octanol–water partition coefficient (Wildman–Crippen LogP) is 2.47. The van der Waals surface area contributed by atoms with Crippen LogP contribution in [0.25, 0.3) is 5.84 Å². The third-order valence-corrected chi connectivity index (χ3v) is 5.08. The van der Waals surface area contributed by atoms with E-state index in [0.717, 1.165) is 18.7 Å². The van der Waals surface area contributed by atoms with Crippen LogP contribution in [0.4, 0.5) is 0 Å². The number of fused-ring (bicyclic) bond motifs is 2. The molecule has 146 valence electrons. The van der Waals surface area contributed by atoms with Gasteiger partial charge in [-0.1, -0.05) is 36.4 Å². The van der Waals surface area contributed by atoms with Crippen LogP contribution in [0.2, 0.25) is 0 Å². The molecule has 0 fully saturated rings. The maximum absolute atomic E-state index is 12.9. The number of carbonyl (C=O) groups excluding carboxylic acids is 1. The summed E-state index contributed by atoms with van der Waals surface area (Å²) in [5.41, 5.74) is 3.82. The van der Waals surface area contributed by atoms with E-state index in [1.165, 1.54) is 22.0 Å². The molecule has 4 aromatic rings. The smallest absolute Gasteiger partial charge is 0.325 e. The number of hydrogen-bond donors (Lipinski definition) is 2. The van der Waals surface area contributed by atoms with E-state index in [2.05, 4.69) is 32.4 Å². The summed E-state index contributed by atoms with van der Waals surface area (Å²) in [5, 5.41) is 16.4. The first kappa shape index (κ1) is 17.4. The fourth-order valence-corrected chi connectivity index (χ4v) is 3.66. The van der Waals surface area contributed by atoms with Crippen LogP contribution >= 0.6 is 0 Å². The molecule has 0 bridgehead atoms. The van der Waals surface area contributed by atoms with E-state index < -0.39 is 0 Å². The van der Waals surface area contributed by atoms with Crippen molar-refractivity contribution in [2.24, 2.45) is 0 Å². The molecule has 0 saturated heterocycles. The van der Waals surface area contributed by atoms with Crippen LogP contribution in [0, 0.1) is 0 Å². The fourth-order valence-electron chi connectivity index (χ4n) is 3.66. The topological polar surface area (TPSA) is 95.9 Å². The molecule has 8 nitrogen and oxygen atoms in total. The molecule has 2 N–H and O–H groups in total. The van der Waals surface area contributed by atoms with Crippen molar-refractivity contribution in [3.8, 4) is 5.75 Å². The van der Waals surface area contributed by atoms with E-state index in [-0.39, 0.29) is 11.7 Å². The van der Waals surface area contributed by atoms with E-state index >= 15 is 0 Å². The summed E-state index contributed by atoms with van der Waals surface area (Å²) in [6.07, 6.45) is 1.37. The van der Waals surface area contributed by atoms with Gasteiger partial charge in [0.2, 0.25) is 0 Å². The van der Waals surface area contributed by atoms with E-state index in [0.29, 0.717) is 30.4 Å². The molecule has 2 aromatic heterocycles. The van der Waals surface area contributed by atoms with Crippen LogP contribution in [0.5, 0.6) is 5.75 Å². The summed E-state index contributed by atoms with van der Waals surface area (Å²) in [6, 6.07) is 15.0. The zero-order chi connectivity index (χ0) is 19.8. The maximum Gasteiger partial charge on any atom is 0.325 e. The van der Waals surface area contributed by atoms with E-state index in [9.17, 15) is 9.90 Å².